The van der Waals surface area contributed by atoms with E-state index in [0.29, 0.717) is 5.56 Å². The minimum atomic E-state index is -0.263. The van der Waals surface area contributed by atoms with Crippen LogP contribution in [0.5, 0.6) is 0 Å². The lowest BCUT2D eigenvalue weighted by Gasteiger charge is -2.05. The van der Waals surface area contributed by atoms with Gasteiger partial charge >= 0.3 is 0 Å². The van der Waals surface area contributed by atoms with Crippen molar-refractivity contribution >= 4 is 5.91 Å². The minimum absolute atomic E-state index is 0.00218. The molecule has 0 spiro atoms. The maximum absolute atomic E-state index is 11.5. The zero-order valence-electron chi connectivity index (χ0n) is 8.49. The first-order chi connectivity index (χ1) is 7.15. The van der Waals surface area contributed by atoms with E-state index in [2.05, 4.69) is 11.2 Å². The molecule has 0 aromatic carbocycles. The van der Waals surface area contributed by atoms with Crippen molar-refractivity contribution in [2.75, 3.05) is 6.54 Å². The number of aromatic nitrogens is 1. The Bertz CT molecular complexity index is 454. The predicted octanol–water partition coefficient (Wildman–Crippen LogP) is -0.0939. The van der Waals surface area contributed by atoms with Gasteiger partial charge in [-0.25, -0.2) is 0 Å². The van der Waals surface area contributed by atoms with E-state index in [1.807, 2.05) is 0 Å². The number of hydrogen-bond acceptors (Lipinski definition) is 2. The zero-order chi connectivity index (χ0) is 11.3. The molecule has 0 bridgehead atoms. The molecule has 0 saturated carbocycles. The number of pyridine rings is 1. The van der Waals surface area contributed by atoms with E-state index in [1.54, 1.807) is 25.3 Å². The third-order valence-corrected chi connectivity index (χ3v) is 1.91. The quantitative estimate of drug-likeness (QED) is 0.699. The highest BCUT2D eigenvalue weighted by atomic mass is 16.2. The van der Waals surface area contributed by atoms with E-state index in [1.165, 1.54) is 4.57 Å². The van der Waals surface area contributed by atoms with Gasteiger partial charge in [-0.1, -0.05) is 12.0 Å². The summed E-state index contributed by atoms with van der Waals surface area (Å²) in [4.78, 5) is 22.8. The first-order valence-electron chi connectivity index (χ1n) is 4.51. The summed E-state index contributed by atoms with van der Waals surface area (Å²) >= 11 is 0. The van der Waals surface area contributed by atoms with Crippen molar-refractivity contribution in [3.63, 3.8) is 0 Å². The summed E-state index contributed by atoms with van der Waals surface area (Å²) < 4.78 is 1.35. The largest absolute Gasteiger partial charge is 0.344 e. The van der Waals surface area contributed by atoms with Crippen LogP contribution >= 0.6 is 0 Å². The van der Waals surface area contributed by atoms with Crippen LogP contribution in [0.1, 0.15) is 5.56 Å². The molecule has 4 heteroatoms. The highest BCUT2D eigenvalue weighted by molar-refractivity contribution is 5.75. The van der Waals surface area contributed by atoms with E-state index in [-0.39, 0.29) is 24.6 Å². The highest BCUT2D eigenvalue weighted by Crippen LogP contribution is 1.88. The Morgan fingerprint density at radius 2 is 2.40 bits per heavy atom. The Balaban J connectivity index is 2.74. The lowest BCUT2D eigenvalue weighted by atomic mass is 10.3. The second-order valence-corrected chi connectivity index (χ2v) is 3.11. The maximum Gasteiger partial charge on any atom is 0.253 e. The first kappa shape index (κ1) is 11.1. The van der Waals surface area contributed by atoms with E-state index < -0.39 is 0 Å². The van der Waals surface area contributed by atoms with E-state index in [0.717, 1.165) is 0 Å². The van der Waals surface area contributed by atoms with Gasteiger partial charge in [0.1, 0.15) is 6.54 Å². The van der Waals surface area contributed by atoms with E-state index in [9.17, 15) is 9.59 Å². The van der Waals surface area contributed by atoms with Crippen LogP contribution in [0.15, 0.2) is 23.1 Å². The third-order valence-electron chi connectivity index (χ3n) is 1.91. The standard InChI is InChI=1S/C11H12N2O2/c1-3-6-12-10(14)8-13-7-4-5-9(2)11(13)15/h1,4-5,7H,6,8H2,2H3,(H,12,14). The highest BCUT2D eigenvalue weighted by Gasteiger charge is 2.03. The van der Waals surface area contributed by atoms with Crippen LogP contribution in [0, 0.1) is 19.3 Å². The number of rotatable bonds is 3. The number of carbonyl (C=O) groups excluding carboxylic acids is 1. The molecule has 0 unspecified atom stereocenters. The number of amides is 1. The zero-order valence-corrected chi connectivity index (χ0v) is 8.49. The Hall–Kier alpha value is -2.02. The van der Waals surface area contributed by atoms with Crippen LogP contribution in [-0.2, 0) is 11.3 Å². The van der Waals surface area contributed by atoms with Crippen LogP contribution in [0.2, 0.25) is 0 Å². The molecule has 1 aromatic heterocycles. The van der Waals surface area contributed by atoms with Crippen LogP contribution in [0.3, 0.4) is 0 Å². The van der Waals surface area contributed by atoms with Crippen molar-refractivity contribution in [1.29, 1.82) is 0 Å². The van der Waals surface area contributed by atoms with Gasteiger partial charge in [-0.15, -0.1) is 6.42 Å². The van der Waals surface area contributed by atoms with Crippen molar-refractivity contribution < 1.29 is 4.79 Å². The molecule has 1 rings (SSSR count). The van der Waals surface area contributed by atoms with Crippen LogP contribution in [0.4, 0.5) is 0 Å². The molecule has 0 aliphatic heterocycles. The summed E-state index contributed by atoms with van der Waals surface area (Å²) in [5, 5.41) is 2.49. The van der Waals surface area contributed by atoms with Gasteiger partial charge in [0.25, 0.3) is 5.56 Å². The molecular weight excluding hydrogens is 192 g/mol. The number of nitrogens with one attached hydrogen (secondary N) is 1. The monoisotopic (exact) mass is 204 g/mol. The smallest absolute Gasteiger partial charge is 0.253 e. The van der Waals surface area contributed by atoms with Gasteiger partial charge in [0, 0.05) is 11.8 Å². The normalized spacial score (nSPS) is 9.33. The van der Waals surface area contributed by atoms with Gasteiger partial charge in [0.05, 0.1) is 6.54 Å². The average Bonchev–Trinajstić information content (AvgIpc) is 2.22. The molecule has 78 valence electrons. The topological polar surface area (TPSA) is 51.1 Å². The molecule has 0 atom stereocenters. The first-order valence-corrected chi connectivity index (χ1v) is 4.51. The van der Waals surface area contributed by atoms with Crippen molar-refractivity contribution in [2.45, 2.75) is 13.5 Å². The van der Waals surface area contributed by atoms with Crippen molar-refractivity contribution in [1.82, 2.24) is 9.88 Å². The molecule has 15 heavy (non-hydrogen) atoms. The van der Waals surface area contributed by atoms with Gasteiger partial charge in [0.15, 0.2) is 0 Å². The lowest BCUT2D eigenvalue weighted by Crippen LogP contribution is -2.32. The molecule has 0 saturated heterocycles. The van der Waals surface area contributed by atoms with Crippen molar-refractivity contribution in [2.24, 2.45) is 0 Å². The Morgan fingerprint density at radius 3 is 3.07 bits per heavy atom. The van der Waals surface area contributed by atoms with Gasteiger partial charge in [-0.2, -0.15) is 0 Å². The van der Waals surface area contributed by atoms with Crippen molar-refractivity contribution in [3.05, 3.63) is 34.2 Å². The SMILES string of the molecule is C#CCNC(=O)Cn1cccc(C)c1=O. The fourth-order valence-electron chi connectivity index (χ4n) is 1.14. The fourth-order valence-corrected chi connectivity index (χ4v) is 1.14. The molecule has 4 nitrogen and oxygen atoms in total. The molecule has 1 aromatic rings. The molecule has 0 fully saturated rings. The minimum Gasteiger partial charge on any atom is -0.344 e. The fraction of sp³-hybridized carbons (Fsp3) is 0.273. The van der Waals surface area contributed by atoms with E-state index in [4.69, 9.17) is 6.42 Å². The van der Waals surface area contributed by atoms with Crippen molar-refractivity contribution in [3.8, 4) is 12.3 Å². The second-order valence-electron chi connectivity index (χ2n) is 3.11. The molecule has 1 N–H and O–H groups in total. The molecular formula is C11H12N2O2. The van der Waals surface area contributed by atoms with E-state index >= 15 is 0 Å². The third kappa shape index (κ3) is 2.99. The molecule has 0 aliphatic carbocycles. The number of nitrogens with zero attached hydrogens (tertiary/aromatic N) is 1. The Labute approximate surface area is 87.9 Å². The van der Waals surface area contributed by atoms with Gasteiger partial charge in [0.2, 0.25) is 5.91 Å². The molecule has 1 amide bonds. The Kier molecular flexibility index (Phi) is 3.69. The summed E-state index contributed by atoms with van der Waals surface area (Å²) in [6, 6.07) is 3.43. The average molecular weight is 204 g/mol. The van der Waals surface area contributed by atoms with Gasteiger partial charge in [-0.3, -0.25) is 9.59 Å². The molecule has 0 radical (unpaired) electrons. The summed E-state index contributed by atoms with van der Waals surface area (Å²) in [6.07, 6.45) is 6.57. The van der Waals surface area contributed by atoms with Gasteiger partial charge < -0.3 is 9.88 Å². The van der Waals surface area contributed by atoms with Crippen LogP contribution in [0.25, 0.3) is 0 Å². The van der Waals surface area contributed by atoms with Crippen LogP contribution in [-0.4, -0.2) is 17.0 Å². The lowest BCUT2D eigenvalue weighted by molar-refractivity contribution is -0.121. The number of terminal acetylenes is 1. The summed E-state index contributed by atoms with van der Waals surface area (Å²) in [5.41, 5.74) is 0.454. The summed E-state index contributed by atoms with van der Waals surface area (Å²) in [6.45, 7) is 1.89. The maximum atomic E-state index is 11.5. The second kappa shape index (κ2) is 5.01. The van der Waals surface area contributed by atoms with Crippen LogP contribution < -0.4 is 10.9 Å². The molecule has 1 heterocycles. The molecule has 0 aliphatic rings. The summed E-state index contributed by atoms with van der Waals surface area (Å²) in [7, 11) is 0. The number of carbonyl (C=O) groups is 1. The van der Waals surface area contributed by atoms with Gasteiger partial charge in [-0.05, 0) is 13.0 Å². The number of hydrogen-bond donors (Lipinski definition) is 1. The number of aryl methyl sites for hydroxylation is 1. The summed E-state index contributed by atoms with van der Waals surface area (Å²) in [5.74, 6) is 2.03. The predicted molar refractivity (Wildman–Crippen MR) is 57.3 cm³/mol. The Morgan fingerprint density at radius 1 is 1.67 bits per heavy atom.